The van der Waals surface area contributed by atoms with Gasteiger partial charge in [0.1, 0.15) is 12.1 Å². The Balaban J connectivity index is 0.00000300. The summed E-state index contributed by atoms with van der Waals surface area (Å²) in [6.45, 7) is 3.97. The van der Waals surface area contributed by atoms with Crippen LogP contribution in [0, 0.1) is 6.92 Å². The highest BCUT2D eigenvalue weighted by Gasteiger charge is 2.12. The van der Waals surface area contributed by atoms with Gasteiger partial charge in [-0.15, -0.1) is 12.4 Å². The van der Waals surface area contributed by atoms with E-state index in [1.54, 1.807) is 27.2 Å². The van der Waals surface area contributed by atoms with Crippen LogP contribution in [0.4, 0.5) is 22.0 Å². The van der Waals surface area contributed by atoms with E-state index in [1.807, 2.05) is 31.2 Å². The number of ether oxygens (including phenoxy) is 3. The van der Waals surface area contributed by atoms with Gasteiger partial charge in [0.05, 0.1) is 26.3 Å². The second-order valence-corrected chi connectivity index (χ2v) is 5.95. The zero-order valence-electron chi connectivity index (χ0n) is 16.6. The molecule has 0 unspecified atom stereocenters. The van der Waals surface area contributed by atoms with Gasteiger partial charge in [-0.25, -0.2) is 14.8 Å². The molecule has 29 heavy (non-hydrogen) atoms. The molecule has 8 nitrogen and oxygen atoms in total. The van der Waals surface area contributed by atoms with Gasteiger partial charge in [-0.05, 0) is 37.6 Å². The number of methoxy groups -OCH3 is 2. The molecule has 9 heteroatoms. The molecule has 0 aliphatic carbocycles. The number of amides is 1. The van der Waals surface area contributed by atoms with E-state index >= 15 is 0 Å². The Morgan fingerprint density at radius 3 is 2.48 bits per heavy atom. The highest BCUT2D eigenvalue weighted by molar-refractivity contribution is 5.93. The first-order valence-electron chi connectivity index (χ1n) is 8.74. The number of nitrogens with one attached hydrogen (secondary N) is 2. The molecule has 0 radical (unpaired) electrons. The van der Waals surface area contributed by atoms with E-state index < -0.39 is 6.09 Å². The van der Waals surface area contributed by atoms with Crippen LogP contribution in [0.5, 0.6) is 11.5 Å². The Hall–Kier alpha value is -3.26. The monoisotopic (exact) mass is 418 g/mol. The predicted molar refractivity (Wildman–Crippen MR) is 115 cm³/mol. The minimum absolute atomic E-state index is 0. The minimum Gasteiger partial charge on any atom is -0.493 e. The van der Waals surface area contributed by atoms with Crippen LogP contribution < -0.4 is 20.1 Å². The summed E-state index contributed by atoms with van der Waals surface area (Å²) in [5, 5.41) is 6.78. The number of aromatic nitrogens is 2. The van der Waals surface area contributed by atoms with Gasteiger partial charge in [-0.1, -0.05) is 6.07 Å². The quantitative estimate of drug-likeness (QED) is 0.599. The first kappa shape index (κ1) is 22.0. The lowest BCUT2D eigenvalue weighted by Crippen LogP contribution is -2.14. The van der Waals surface area contributed by atoms with Gasteiger partial charge in [0, 0.05) is 22.8 Å². The third-order valence-corrected chi connectivity index (χ3v) is 4.15. The maximum atomic E-state index is 11.7. The summed E-state index contributed by atoms with van der Waals surface area (Å²) in [4.78, 5) is 20.4. The van der Waals surface area contributed by atoms with Crippen molar-refractivity contribution in [1.82, 2.24) is 9.97 Å². The fourth-order valence-electron chi connectivity index (χ4n) is 2.73. The summed E-state index contributed by atoms with van der Waals surface area (Å²) in [7, 11) is 3.16. The number of halogens is 1. The lowest BCUT2D eigenvalue weighted by Gasteiger charge is -2.14. The van der Waals surface area contributed by atoms with Crippen molar-refractivity contribution in [2.75, 3.05) is 31.5 Å². The minimum atomic E-state index is -0.493. The summed E-state index contributed by atoms with van der Waals surface area (Å²) in [6, 6.07) is 9.24. The summed E-state index contributed by atoms with van der Waals surface area (Å²) in [6.07, 6.45) is 0.981. The molecule has 0 fully saturated rings. The molecule has 3 rings (SSSR count). The zero-order chi connectivity index (χ0) is 20.1. The third kappa shape index (κ3) is 4.97. The Bertz CT molecular complexity index is 1010. The maximum absolute atomic E-state index is 11.7. The van der Waals surface area contributed by atoms with Crippen LogP contribution in [0.1, 0.15) is 12.5 Å². The molecule has 0 aliphatic heterocycles. The summed E-state index contributed by atoms with van der Waals surface area (Å²) >= 11 is 0. The smallest absolute Gasteiger partial charge is 0.411 e. The Kier molecular flexibility index (Phi) is 7.44. The van der Waals surface area contributed by atoms with Crippen LogP contribution >= 0.6 is 12.4 Å². The van der Waals surface area contributed by atoms with E-state index in [4.69, 9.17) is 14.2 Å². The molecular weight excluding hydrogens is 396 g/mol. The number of rotatable bonds is 6. The highest BCUT2D eigenvalue weighted by atomic mass is 35.5. The van der Waals surface area contributed by atoms with Crippen LogP contribution in [0.15, 0.2) is 36.7 Å². The normalized spacial score (nSPS) is 10.1. The first-order valence-corrected chi connectivity index (χ1v) is 8.74. The molecule has 0 saturated heterocycles. The highest BCUT2D eigenvalue weighted by Crippen LogP contribution is 2.34. The van der Waals surface area contributed by atoms with Crippen LogP contribution in [-0.4, -0.2) is 36.9 Å². The van der Waals surface area contributed by atoms with Crippen molar-refractivity contribution in [3.63, 3.8) is 0 Å². The molecule has 1 aromatic heterocycles. The molecular formula is C20H23ClN4O4. The number of nitrogens with zero attached hydrogens (tertiary/aromatic N) is 2. The maximum Gasteiger partial charge on any atom is 0.411 e. The zero-order valence-corrected chi connectivity index (χ0v) is 17.4. The van der Waals surface area contributed by atoms with Gasteiger partial charge < -0.3 is 19.5 Å². The number of fused-ring (bicyclic) bond motifs is 1. The van der Waals surface area contributed by atoms with Gasteiger partial charge in [0.2, 0.25) is 0 Å². The SMILES string of the molecule is CCOC(=O)Nc1cc(Nc2ncnc3cc(OC)c(OC)cc23)ccc1C.Cl. The van der Waals surface area contributed by atoms with Crippen LogP contribution in [0.25, 0.3) is 10.9 Å². The molecule has 0 aliphatic rings. The number of hydrogen-bond donors (Lipinski definition) is 2. The fourth-order valence-corrected chi connectivity index (χ4v) is 2.73. The van der Waals surface area contributed by atoms with Crippen molar-refractivity contribution in [3.8, 4) is 11.5 Å². The summed E-state index contributed by atoms with van der Waals surface area (Å²) in [5.74, 6) is 1.79. The van der Waals surface area contributed by atoms with Gasteiger partial charge in [0.15, 0.2) is 11.5 Å². The molecule has 0 spiro atoms. The van der Waals surface area contributed by atoms with E-state index in [0.717, 1.165) is 16.6 Å². The average molecular weight is 419 g/mol. The largest absolute Gasteiger partial charge is 0.493 e. The van der Waals surface area contributed by atoms with E-state index in [0.29, 0.717) is 35.1 Å². The van der Waals surface area contributed by atoms with Gasteiger partial charge in [-0.3, -0.25) is 5.32 Å². The molecule has 2 N–H and O–H groups in total. The number of anilines is 3. The van der Waals surface area contributed by atoms with Gasteiger partial charge in [-0.2, -0.15) is 0 Å². The summed E-state index contributed by atoms with van der Waals surface area (Å²) in [5.41, 5.74) is 3.04. The second-order valence-electron chi connectivity index (χ2n) is 5.95. The van der Waals surface area contributed by atoms with Crippen molar-refractivity contribution >= 4 is 46.6 Å². The van der Waals surface area contributed by atoms with E-state index in [2.05, 4.69) is 20.6 Å². The number of benzene rings is 2. The third-order valence-electron chi connectivity index (χ3n) is 4.15. The average Bonchev–Trinajstić information content (AvgIpc) is 2.70. The number of carbonyl (C=O) groups excluding carboxylic acids is 1. The van der Waals surface area contributed by atoms with Crippen LogP contribution in [0.2, 0.25) is 0 Å². The number of hydrogen-bond acceptors (Lipinski definition) is 7. The first-order chi connectivity index (χ1) is 13.5. The predicted octanol–water partition coefficient (Wildman–Crippen LogP) is 4.69. The molecule has 3 aromatic rings. The lowest BCUT2D eigenvalue weighted by atomic mass is 10.1. The molecule has 1 amide bonds. The fraction of sp³-hybridized carbons (Fsp3) is 0.250. The molecule has 0 saturated carbocycles. The van der Waals surface area contributed by atoms with E-state index in [1.165, 1.54) is 6.33 Å². The Labute approximate surface area is 175 Å². The van der Waals surface area contributed by atoms with Crippen molar-refractivity contribution in [3.05, 3.63) is 42.2 Å². The van der Waals surface area contributed by atoms with Gasteiger partial charge in [0.25, 0.3) is 0 Å². The van der Waals surface area contributed by atoms with Crippen molar-refractivity contribution in [2.24, 2.45) is 0 Å². The van der Waals surface area contributed by atoms with Crippen molar-refractivity contribution in [1.29, 1.82) is 0 Å². The topological polar surface area (TPSA) is 94.6 Å². The summed E-state index contributed by atoms with van der Waals surface area (Å²) < 4.78 is 15.7. The molecule has 0 atom stereocenters. The molecule has 1 heterocycles. The van der Waals surface area contributed by atoms with E-state index in [9.17, 15) is 4.79 Å². The van der Waals surface area contributed by atoms with Crippen LogP contribution in [-0.2, 0) is 4.74 Å². The molecule has 2 aromatic carbocycles. The number of carbonyl (C=O) groups is 1. The Morgan fingerprint density at radius 1 is 1.07 bits per heavy atom. The second kappa shape index (κ2) is 9.79. The number of aryl methyl sites for hydroxylation is 1. The van der Waals surface area contributed by atoms with Crippen molar-refractivity contribution < 1.29 is 19.0 Å². The van der Waals surface area contributed by atoms with E-state index in [-0.39, 0.29) is 12.4 Å². The lowest BCUT2D eigenvalue weighted by molar-refractivity contribution is 0.168. The van der Waals surface area contributed by atoms with Crippen molar-refractivity contribution in [2.45, 2.75) is 13.8 Å². The Morgan fingerprint density at radius 2 is 1.79 bits per heavy atom. The molecule has 0 bridgehead atoms. The standard InChI is InChI=1S/C20H22N4O4.ClH/c1-5-28-20(25)24-15-8-13(7-6-12(15)2)23-19-14-9-17(26-3)18(27-4)10-16(14)21-11-22-19;/h6-11H,5H2,1-4H3,(H,24,25)(H,21,22,23);1H. The molecule has 154 valence electrons. The van der Waals surface area contributed by atoms with Gasteiger partial charge >= 0.3 is 6.09 Å². The van der Waals surface area contributed by atoms with Crippen LogP contribution in [0.3, 0.4) is 0 Å².